The highest BCUT2D eigenvalue weighted by Gasteiger charge is 2.42. The van der Waals surface area contributed by atoms with Crippen molar-refractivity contribution in [2.45, 2.75) is 51.4 Å². The third kappa shape index (κ3) is 3.17. The Bertz CT molecular complexity index is 978. The number of rotatable bonds is 5. The topological polar surface area (TPSA) is 38.0 Å². The predicted molar refractivity (Wildman–Crippen MR) is 99.5 cm³/mol. The van der Waals surface area contributed by atoms with Crippen molar-refractivity contribution in [1.82, 2.24) is 9.78 Å². The molecule has 0 aliphatic carbocycles. The van der Waals surface area contributed by atoms with E-state index in [-0.39, 0.29) is 0 Å². The number of aryl methyl sites for hydroxylation is 1. The summed E-state index contributed by atoms with van der Waals surface area (Å²) in [5.74, 6) is -0.435. The van der Waals surface area contributed by atoms with Crippen molar-refractivity contribution in [3.05, 3.63) is 65.1 Å². The fraction of sp³-hybridized carbons (Fsp3) is 0.381. The number of hydrogen-bond donors (Lipinski definition) is 1. The molecule has 2 aromatic carbocycles. The van der Waals surface area contributed by atoms with Gasteiger partial charge in [0, 0.05) is 5.39 Å². The molecule has 28 heavy (non-hydrogen) atoms. The second-order valence-electron chi connectivity index (χ2n) is 6.99. The predicted octanol–water partition coefficient (Wildman–Crippen LogP) is 5.43. The Hall–Kier alpha value is -2.41. The Morgan fingerprint density at radius 2 is 1.68 bits per heavy atom. The minimum absolute atomic E-state index is 0.352. The molecule has 0 radical (unpaired) electrons. The summed E-state index contributed by atoms with van der Waals surface area (Å²) in [4.78, 5) is 0. The molecule has 1 heterocycles. The second-order valence-corrected chi connectivity index (χ2v) is 6.99. The highest BCUT2D eigenvalue weighted by Crippen LogP contribution is 2.39. The second kappa shape index (κ2) is 7.20. The van der Waals surface area contributed by atoms with E-state index in [9.17, 15) is 22.7 Å². The minimum Gasteiger partial charge on any atom is -0.390 e. The van der Waals surface area contributed by atoms with Crippen LogP contribution in [-0.4, -0.2) is 21.0 Å². The number of hydrogen-bond acceptors (Lipinski definition) is 2. The molecular weight excluding hydrogens is 372 g/mol. The molecule has 2 atom stereocenters. The van der Waals surface area contributed by atoms with E-state index in [4.69, 9.17) is 0 Å². The molecule has 3 aromatic rings. The van der Waals surface area contributed by atoms with Crippen molar-refractivity contribution < 1.29 is 22.7 Å². The fourth-order valence-corrected chi connectivity index (χ4v) is 3.91. The average Bonchev–Trinajstić information content (AvgIpc) is 3.07. The van der Waals surface area contributed by atoms with Crippen LogP contribution in [0.3, 0.4) is 0 Å². The number of nitrogens with zero attached hydrogens (tertiary/aromatic N) is 2. The first-order valence-corrected chi connectivity index (χ1v) is 9.15. The van der Waals surface area contributed by atoms with E-state index in [0.717, 1.165) is 17.5 Å². The van der Waals surface area contributed by atoms with Crippen molar-refractivity contribution in [2.75, 3.05) is 0 Å². The van der Waals surface area contributed by atoms with E-state index in [1.165, 1.54) is 24.3 Å². The lowest BCUT2D eigenvalue weighted by molar-refractivity contribution is -0.137. The van der Waals surface area contributed by atoms with E-state index in [1.54, 1.807) is 24.7 Å². The molecular formula is C21H22F4N2O. The lowest BCUT2D eigenvalue weighted by Gasteiger charge is -2.38. The highest BCUT2D eigenvalue weighted by molar-refractivity contribution is 5.82. The minimum atomic E-state index is -4.45. The molecule has 0 fully saturated rings. The third-order valence-corrected chi connectivity index (χ3v) is 5.43. The zero-order chi connectivity index (χ0) is 20.7. The zero-order valence-corrected chi connectivity index (χ0v) is 15.9. The van der Waals surface area contributed by atoms with Gasteiger partial charge in [0.2, 0.25) is 0 Å². The van der Waals surface area contributed by atoms with Crippen LogP contribution in [0, 0.1) is 12.7 Å². The number of halogens is 4. The van der Waals surface area contributed by atoms with Crippen molar-refractivity contribution in [2.24, 2.45) is 0 Å². The standard InChI is InChI=1S/C21H22F4N2O/c1-4-19(28)20(5-2,14-6-8-15(9-7-14)21(23,24)25)27-18-11-16(22)10-13(3)17(18)12-26-27/h6-12,19,28H,4-5H2,1-3H3. The first-order valence-electron chi connectivity index (χ1n) is 9.15. The van der Waals surface area contributed by atoms with Crippen LogP contribution in [-0.2, 0) is 11.7 Å². The van der Waals surface area contributed by atoms with Gasteiger partial charge in [-0.15, -0.1) is 0 Å². The van der Waals surface area contributed by atoms with Gasteiger partial charge in [0.15, 0.2) is 0 Å². The molecule has 2 unspecified atom stereocenters. The van der Waals surface area contributed by atoms with Crippen LogP contribution in [0.15, 0.2) is 42.6 Å². The molecule has 1 aromatic heterocycles. The smallest absolute Gasteiger partial charge is 0.390 e. The maximum Gasteiger partial charge on any atom is 0.416 e. The zero-order valence-electron chi connectivity index (χ0n) is 15.9. The molecule has 0 aliphatic rings. The van der Waals surface area contributed by atoms with E-state index in [2.05, 4.69) is 5.10 Å². The lowest BCUT2D eigenvalue weighted by atomic mass is 9.80. The molecule has 150 valence electrons. The molecule has 0 saturated carbocycles. The Kier molecular flexibility index (Phi) is 5.23. The number of benzene rings is 2. The van der Waals surface area contributed by atoms with Crippen LogP contribution >= 0.6 is 0 Å². The molecule has 0 amide bonds. The first kappa shape index (κ1) is 20.3. The van der Waals surface area contributed by atoms with E-state index < -0.39 is 29.2 Å². The summed E-state index contributed by atoms with van der Waals surface area (Å²) < 4.78 is 54.6. The summed E-state index contributed by atoms with van der Waals surface area (Å²) in [5, 5.41) is 16.1. The van der Waals surface area contributed by atoms with Crippen LogP contribution in [0.1, 0.15) is 43.4 Å². The van der Waals surface area contributed by atoms with Gasteiger partial charge in [-0.05, 0) is 55.2 Å². The molecule has 3 nitrogen and oxygen atoms in total. The van der Waals surface area contributed by atoms with Crippen molar-refractivity contribution in [3.8, 4) is 0 Å². The van der Waals surface area contributed by atoms with Gasteiger partial charge in [0.05, 0.1) is 23.4 Å². The normalized spacial score (nSPS) is 15.6. The van der Waals surface area contributed by atoms with Gasteiger partial charge in [-0.3, -0.25) is 4.68 Å². The Morgan fingerprint density at radius 3 is 2.21 bits per heavy atom. The van der Waals surface area contributed by atoms with Crippen molar-refractivity contribution >= 4 is 10.9 Å². The molecule has 0 saturated heterocycles. The average molecular weight is 394 g/mol. The van der Waals surface area contributed by atoms with Crippen LogP contribution in [0.2, 0.25) is 0 Å². The van der Waals surface area contributed by atoms with E-state index in [0.29, 0.717) is 29.5 Å². The molecule has 7 heteroatoms. The number of aromatic nitrogens is 2. The number of aliphatic hydroxyl groups excluding tert-OH is 1. The third-order valence-electron chi connectivity index (χ3n) is 5.43. The van der Waals surface area contributed by atoms with Crippen LogP contribution < -0.4 is 0 Å². The highest BCUT2D eigenvalue weighted by atomic mass is 19.4. The molecule has 1 N–H and O–H groups in total. The van der Waals surface area contributed by atoms with Crippen molar-refractivity contribution in [3.63, 3.8) is 0 Å². The van der Waals surface area contributed by atoms with E-state index >= 15 is 0 Å². The maximum absolute atomic E-state index is 14.1. The van der Waals surface area contributed by atoms with Gasteiger partial charge in [0.25, 0.3) is 0 Å². The summed E-state index contributed by atoms with van der Waals surface area (Å²) in [6.45, 7) is 5.38. The Morgan fingerprint density at radius 1 is 1.07 bits per heavy atom. The van der Waals surface area contributed by atoms with Crippen LogP contribution in [0.5, 0.6) is 0 Å². The van der Waals surface area contributed by atoms with Crippen LogP contribution in [0.25, 0.3) is 10.9 Å². The largest absolute Gasteiger partial charge is 0.416 e. The molecule has 0 aliphatic heterocycles. The number of fused-ring (bicyclic) bond motifs is 1. The maximum atomic E-state index is 14.1. The van der Waals surface area contributed by atoms with E-state index in [1.807, 2.05) is 6.92 Å². The summed E-state index contributed by atoms with van der Waals surface area (Å²) >= 11 is 0. The summed E-state index contributed by atoms with van der Waals surface area (Å²) in [7, 11) is 0. The SMILES string of the molecule is CCC(O)C(CC)(c1ccc(C(F)(F)F)cc1)n1ncc2c(C)cc(F)cc21. The van der Waals surface area contributed by atoms with Gasteiger partial charge >= 0.3 is 6.18 Å². The van der Waals surface area contributed by atoms with Gasteiger partial charge in [-0.25, -0.2) is 4.39 Å². The Balaban J connectivity index is 2.28. The summed E-state index contributed by atoms with van der Waals surface area (Å²) in [5.41, 5.74) is -0.207. The van der Waals surface area contributed by atoms with Crippen molar-refractivity contribution in [1.29, 1.82) is 0 Å². The number of alkyl halides is 3. The summed E-state index contributed by atoms with van der Waals surface area (Å²) in [6, 6.07) is 7.47. The lowest BCUT2D eigenvalue weighted by Crippen LogP contribution is -2.46. The fourth-order valence-electron chi connectivity index (χ4n) is 3.91. The molecule has 0 spiro atoms. The number of aliphatic hydroxyl groups is 1. The van der Waals surface area contributed by atoms with Gasteiger partial charge in [-0.2, -0.15) is 18.3 Å². The summed E-state index contributed by atoms with van der Waals surface area (Å²) in [6.07, 6.45) is -3.07. The van der Waals surface area contributed by atoms with Gasteiger partial charge in [0.1, 0.15) is 11.4 Å². The van der Waals surface area contributed by atoms with Gasteiger partial charge in [-0.1, -0.05) is 26.0 Å². The quantitative estimate of drug-likeness (QED) is 0.586. The first-order chi connectivity index (χ1) is 13.1. The molecule has 0 bridgehead atoms. The Labute approximate surface area is 160 Å². The molecule has 3 rings (SSSR count). The van der Waals surface area contributed by atoms with Gasteiger partial charge < -0.3 is 5.11 Å². The monoisotopic (exact) mass is 394 g/mol. The van der Waals surface area contributed by atoms with Crippen LogP contribution in [0.4, 0.5) is 17.6 Å².